The first-order valence-corrected chi connectivity index (χ1v) is 5.99. The molecule has 5 nitrogen and oxygen atoms in total. The summed E-state index contributed by atoms with van der Waals surface area (Å²) in [5.74, 6) is -0.879. The van der Waals surface area contributed by atoms with E-state index in [1.54, 1.807) is 6.92 Å². The van der Waals surface area contributed by atoms with Crippen molar-refractivity contribution in [3.05, 3.63) is 0 Å². The molecule has 0 aliphatic heterocycles. The number of methoxy groups -OCH3 is 2. The monoisotopic (exact) mass is 226 g/mol. The number of unbranched alkanes of at least 4 members (excludes halogenated alkanes) is 1. The van der Waals surface area contributed by atoms with Crippen molar-refractivity contribution in [1.82, 2.24) is 0 Å². The van der Waals surface area contributed by atoms with Crippen LogP contribution in [0, 0.1) is 0 Å². The lowest BCUT2D eigenvalue weighted by Gasteiger charge is -2.26. The van der Waals surface area contributed by atoms with E-state index in [-0.39, 0.29) is 5.75 Å². The van der Waals surface area contributed by atoms with Crippen LogP contribution in [0.25, 0.3) is 0 Å². The molecule has 14 heavy (non-hydrogen) atoms. The maximum atomic E-state index is 10.4. The second-order valence-electron chi connectivity index (χ2n) is 3.29. The van der Waals surface area contributed by atoms with Gasteiger partial charge in [-0.05, 0) is 19.8 Å². The highest BCUT2D eigenvalue weighted by Crippen LogP contribution is 2.18. The Morgan fingerprint density at radius 1 is 1.21 bits per heavy atom. The van der Waals surface area contributed by atoms with Gasteiger partial charge in [0.1, 0.15) is 0 Å². The molecule has 0 saturated heterocycles. The second kappa shape index (κ2) is 5.65. The topological polar surface area (TPSA) is 72.8 Å². The van der Waals surface area contributed by atoms with Crippen molar-refractivity contribution in [3.8, 4) is 0 Å². The van der Waals surface area contributed by atoms with Crippen molar-refractivity contribution >= 4 is 10.1 Å². The van der Waals surface area contributed by atoms with Crippen LogP contribution in [0.5, 0.6) is 0 Å². The summed E-state index contributed by atoms with van der Waals surface area (Å²) in [5, 5.41) is 0. The smallest absolute Gasteiger partial charge is 0.264 e. The lowest BCUT2D eigenvalue weighted by Crippen LogP contribution is -2.29. The summed E-state index contributed by atoms with van der Waals surface area (Å²) in [6.45, 7) is 1.78. The predicted octanol–water partition coefficient (Wildman–Crippen LogP) is 1.05. The van der Waals surface area contributed by atoms with Crippen molar-refractivity contribution in [1.29, 1.82) is 0 Å². The van der Waals surface area contributed by atoms with E-state index in [9.17, 15) is 8.42 Å². The molecule has 0 aromatic heterocycles. The molecule has 0 spiro atoms. The number of rotatable bonds is 7. The third-order valence-electron chi connectivity index (χ3n) is 2.15. The Morgan fingerprint density at radius 3 is 2.07 bits per heavy atom. The zero-order valence-electron chi connectivity index (χ0n) is 8.82. The van der Waals surface area contributed by atoms with Crippen LogP contribution in [0.2, 0.25) is 0 Å². The molecular formula is C8H18O5S. The largest absolute Gasteiger partial charge is 0.353 e. The molecule has 0 bridgehead atoms. The molecule has 0 heterocycles. The Morgan fingerprint density at radius 2 is 1.71 bits per heavy atom. The average molecular weight is 226 g/mol. The zero-order chi connectivity index (χ0) is 11.2. The fourth-order valence-electron chi connectivity index (χ4n) is 1.02. The minimum absolute atomic E-state index is 0.212. The molecule has 0 unspecified atom stereocenters. The van der Waals surface area contributed by atoms with Crippen LogP contribution in [0.4, 0.5) is 0 Å². The van der Waals surface area contributed by atoms with E-state index in [4.69, 9.17) is 14.0 Å². The molecule has 6 heteroatoms. The van der Waals surface area contributed by atoms with Crippen LogP contribution in [-0.4, -0.2) is 38.7 Å². The third kappa shape index (κ3) is 6.31. The molecule has 0 saturated carbocycles. The molecule has 0 rings (SSSR count). The third-order valence-corrected chi connectivity index (χ3v) is 2.95. The molecule has 0 aromatic rings. The molecule has 86 valence electrons. The SMILES string of the molecule is COC(C)(CCCCS(=O)(=O)O)OC. The Labute approximate surface area is 85.1 Å². The second-order valence-corrected chi connectivity index (χ2v) is 4.86. The van der Waals surface area contributed by atoms with Gasteiger partial charge in [-0.1, -0.05) is 0 Å². The Hall–Kier alpha value is -0.170. The first kappa shape index (κ1) is 13.8. The molecule has 1 N–H and O–H groups in total. The van der Waals surface area contributed by atoms with Gasteiger partial charge in [0, 0.05) is 20.6 Å². The van der Waals surface area contributed by atoms with E-state index in [0.29, 0.717) is 19.3 Å². The van der Waals surface area contributed by atoms with E-state index in [1.165, 1.54) is 14.2 Å². The highest BCUT2D eigenvalue weighted by Gasteiger charge is 2.21. The summed E-state index contributed by atoms with van der Waals surface area (Å²) in [7, 11) is -0.769. The summed E-state index contributed by atoms with van der Waals surface area (Å²) in [6.07, 6.45) is 1.62. The summed E-state index contributed by atoms with van der Waals surface area (Å²) in [6, 6.07) is 0. The van der Waals surface area contributed by atoms with Gasteiger partial charge in [0.15, 0.2) is 5.79 Å². The van der Waals surface area contributed by atoms with Gasteiger partial charge in [-0.2, -0.15) is 8.42 Å². The van der Waals surface area contributed by atoms with Gasteiger partial charge in [-0.3, -0.25) is 4.55 Å². The quantitative estimate of drug-likeness (QED) is 0.399. The van der Waals surface area contributed by atoms with Crippen molar-refractivity contribution in [2.75, 3.05) is 20.0 Å². The average Bonchev–Trinajstić information content (AvgIpc) is 2.11. The molecule has 0 aliphatic carbocycles. The van der Waals surface area contributed by atoms with E-state index >= 15 is 0 Å². The van der Waals surface area contributed by atoms with Crippen LogP contribution >= 0.6 is 0 Å². The highest BCUT2D eigenvalue weighted by atomic mass is 32.2. The number of ether oxygens (including phenoxy) is 2. The van der Waals surface area contributed by atoms with Crippen LogP contribution < -0.4 is 0 Å². The van der Waals surface area contributed by atoms with Gasteiger partial charge in [0.25, 0.3) is 10.1 Å². The van der Waals surface area contributed by atoms with Gasteiger partial charge in [-0.15, -0.1) is 0 Å². The summed E-state index contributed by atoms with van der Waals surface area (Å²) in [5.41, 5.74) is 0. The van der Waals surface area contributed by atoms with Crippen molar-refractivity contribution < 1.29 is 22.4 Å². The first-order valence-electron chi connectivity index (χ1n) is 4.38. The van der Waals surface area contributed by atoms with Crippen LogP contribution in [0.15, 0.2) is 0 Å². The minimum atomic E-state index is -3.84. The van der Waals surface area contributed by atoms with Gasteiger partial charge in [-0.25, -0.2) is 0 Å². The fraction of sp³-hybridized carbons (Fsp3) is 1.00. The lowest BCUT2D eigenvalue weighted by molar-refractivity contribution is -0.197. The standard InChI is InChI=1S/C8H18O5S/c1-8(12-2,13-3)6-4-5-7-14(9,10)11/h4-7H2,1-3H3,(H,9,10,11). The van der Waals surface area contributed by atoms with E-state index in [2.05, 4.69) is 0 Å². The molecule has 0 aromatic carbocycles. The van der Waals surface area contributed by atoms with E-state index in [1.807, 2.05) is 0 Å². The van der Waals surface area contributed by atoms with Crippen molar-refractivity contribution in [3.63, 3.8) is 0 Å². The highest BCUT2D eigenvalue weighted by molar-refractivity contribution is 7.85. The molecule has 0 fully saturated rings. The fourth-order valence-corrected chi connectivity index (χ4v) is 1.59. The summed E-state index contributed by atoms with van der Waals surface area (Å²) < 4.78 is 39.4. The van der Waals surface area contributed by atoms with E-state index in [0.717, 1.165) is 0 Å². The minimum Gasteiger partial charge on any atom is -0.353 e. The molecule has 0 atom stereocenters. The normalized spacial score (nSPS) is 13.1. The first-order chi connectivity index (χ1) is 6.33. The Bertz CT molecular complexity index is 242. The van der Waals surface area contributed by atoms with Crippen LogP contribution in [-0.2, 0) is 19.6 Å². The maximum absolute atomic E-state index is 10.4. The Kier molecular flexibility index (Phi) is 5.58. The summed E-state index contributed by atoms with van der Waals surface area (Å²) >= 11 is 0. The van der Waals surface area contributed by atoms with Gasteiger partial charge < -0.3 is 9.47 Å². The van der Waals surface area contributed by atoms with Gasteiger partial charge in [0.05, 0.1) is 5.75 Å². The van der Waals surface area contributed by atoms with Crippen molar-refractivity contribution in [2.24, 2.45) is 0 Å². The predicted molar refractivity (Wildman–Crippen MR) is 52.7 cm³/mol. The molecule has 0 radical (unpaired) electrons. The lowest BCUT2D eigenvalue weighted by atomic mass is 10.1. The number of hydrogen-bond acceptors (Lipinski definition) is 4. The van der Waals surface area contributed by atoms with Gasteiger partial charge >= 0.3 is 0 Å². The maximum Gasteiger partial charge on any atom is 0.264 e. The van der Waals surface area contributed by atoms with Gasteiger partial charge in [0.2, 0.25) is 0 Å². The zero-order valence-corrected chi connectivity index (χ0v) is 9.63. The van der Waals surface area contributed by atoms with E-state index < -0.39 is 15.9 Å². The van der Waals surface area contributed by atoms with Crippen molar-refractivity contribution in [2.45, 2.75) is 32.0 Å². The Balaban J connectivity index is 3.74. The summed E-state index contributed by atoms with van der Waals surface area (Å²) in [4.78, 5) is 0. The number of hydrogen-bond donors (Lipinski definition) is 1. The molecule has 0 amide bonds. The van der Waals surface area contributed by atoms with Crippen LogP contribution in [0.3, 0.4) is 0 Å². The molecular weight excluding hydrogens is 208 g/mol. The molecule has 0 aliphatic rings. The van der Waals surface area contributed by atoms with Crippen LogP contribution in [0.1, 0.15) is 26.2 Å².